The van der Waals surface area contributed by atoms with E-state index in [9.17, 15) is 4.79 Å². The highest BCUT2D eigenvalue weighted by Gasteiger charge is 2.13. The van der Waals surface area contributed by atoms with E-state index in [1.165, 1.54) is 12.3 Å². The molecule has 0 unspecified atom stereocenters. The number of aromatic nitrogens is 1. The number of amides is 1. The minimum absolute atomic E-state index is 0.0758. The molecule has 0 saturated heterocycles. The van der Waals surface area contributed by atoms with Gasteiger partial charge in [0.2, 0.25) is 5.22 Å². The number of nitrogens with one attached hydrogen (secondary N) is 1. The minimum atomic E-state index is -0.332. The molecule has 0 fully saturated rings. The summed E-state index contributed by atoms with van der Waals surface area (Å²) in [5.74, 6) is 0.172. The summed E-state index contributed by atoms with van der Waals surface area (Å²) in [7, 11) is 0. The lowest BCUT2D eigenvalue weighted by Gasteiger charge is -2.05. The fourth-order valence-corrected chi connectivity index (χ4v) is 1.75. The molecule has 0 saturated carbocycles. The van der Waals surface area contributed by atoms with E-state index in [-0.39, 0.29) is 11.1 Å². The molecular weight excluding hydrogens is 240 g/mol. The van der Waals surface area contributed by atoms with E-state index in [1.54, 1.807) is 6.07 Å². The number of furan rings is 1. The molecular formula is C12H11ClN2O2. The number of pyridine rings is 1. The molecule has 0 aliphatic carbocycles. The molecule has 0 radical (unpaired) electrons. The summed E-state index contributed by atoms with van der Waals surface area (Å²) in [6.45, 7) is 3.81. The number of nitrogens with zero attached hydrogens (tertiary/aromatic N) is 1. The molecule has 1 amide bonds. The predicted octanol–water partition coefficient (Wildman–Crippen LogP) is 3.20. The van der Waals surface area contributed by atoms with Gasteiger partial charge in [-0.2, -0.15) is 0 Å². The van der Waals surface area contributed by atoms with Gasteiger partial charge in [-0.05, 0) is 49.2 Å². The molecule has 0 spiro atoms. The van der Waals surface area contributed by atoms with Gasteiger partial charge in [-0.15, -0.1) is 0 Å². The molecule has 17 heavy (non-hydrogen) atoms. The van der Waals surface area contributed by atoms with Crippen molar-refractivity contribution >= 4 is 23.3 Å². The largest absolute Gasteiger partial charge is 0.452 e. The van der Waals surface area contributed by atoms with Crippen LogP contribution in [0, 0.1) is 13.8 Å². The van der Waals surface area contributed by atoms with Crippen LogP contribution in [0.15, 0.2) is 28.9 Å². The van der Waals surface area contributed by atoms with Gasteiger partial charge in [-0.25, -0.2) is 4.98 Å². The van der Waals surface area contributed by atoms with Crippen molar-refractivity contribution < 1.29 is 9.21 Å². The molecule has 2 aromatic rings. The Labute approximate surface area is 104 Å². The Morgan fingerprint density at radius 2 is 2.18 bits per heavy atom. The maximum Gasteiger partial charge on any atom is 0.261 e. The first-order chi connectivity index (χ1) is 8.06. The van der Waals surface area contributed by atoms with E-state index < -0.39 is 0 Å². The number of carbonyl (C=O) groups excluding carboxylic acids is 1. The lowest BCUT2D eigenvalue weighted by atomic mass is 10.2. The van der Waals surface area contributed by atoms with Gasteiger partial charge in [0.15, 0.2) is 0 Å². The minimum Gasteiger partial charge on any atom is -0.452 e. The average Bonchev–Trinajstić information content (AvgIpc) is 2.62. The third-order valence-electron chi connectivity index (χ3n) is 2.20. The summed E-state index contributed by atoms with van der Waals surface area (Å²) in [4.78, 5) is 16.0. The molecule has 88 valence electrons. The van der Waals surface area contributed by atoms with E-state index in [0.29, 0.717) is 11.4 Å². The topological polar surface area (TPSA) is 55.1 Å². The lowest BCUT2D eigenvalue weighted by Crippen LogP contribution is -2.13. The van der Waals surface area contributed by atoms with Gasteiger partial charge in [-0.3, -0.25) is 4.79 Å². The first-order valence-corrected chi connectivity index (χ1v) is 5.43. The Kier molecular flexibility index (Phi) is 3.15. The zero-order valence-electron chi connectivity index (χ0n) is 9.45. The number of halogens is 1. The van der Waals surface area contributed by atoms with Crippen molar-refractivity contribution in [2.24, 2.45) is 0 Å². The molecule has 2 aromatic heterocycles. The Bertz CT molecular complexity index is 543. The third-order valence-corrected chi connectivity index (χ3v) is 2.49. The highest BCUT2D eigenvalue weighted by Crippen LogP contribution is 2.18. The SMILES string of the molecule is Cc1cc(C)nc(NC(=O)c2ccoc2Cl)c1. The molecule has 1 N–H and O–H groups in total. The average molecular weight is 251 g/mol. The normalized spacial score (nSPS) is 10.3. The van der Waals surface area contributed by atoms with Crippen molar-refractivity contribution in [1.82, 2.24) is 4.98 Å². The fraction of sp³-hybridized carbons (Fsp3) is 0.167. The van der Waals surface area contributed by atoms with Crippen molar-refractivity contribution in [3.8, 4) is 0 Å². The quantitative estimate of drug-likeness (QED) is 0.891. The lowest BCUT2D eigenvalue weighted by molar-refractivity contribution is 0.102. The van der Waals surface area contributed by atoms with Gasteiger partial charge in [0, 0.05) is 5.69 Å². The Morgan fingerprint density at radius 1 is 1.41 bits per heavy atom. The summed E-state index contributed by atoms with van der Waals surface area (Å²) in [5, 5.41) is 2.75. The number of hydrogen-bond acceptors (Lipinski definition) is 3. The second kappa shape index (κ2) is 4.59. The summed E-state index contributed by atoms with van der Waals surface area (Å²) in [6, 6.07) is 5.24. The van der Waals surface area contributed by atoms with Crippen LogP contribution < -0.4 is 5.32 Å². The van der Waals surface area contributed by atoms with Crippen LogP contribution >= 0.6 is 11.6 Å². The van der Waals surface area contributed by atoms with Gasteiger partial charge in [0.1, 0.15) is 5.82 Å². The molecule has 4 nitrogen and oxygen atoms in total. The molecule has 5 heteroatoms. The summed E-state index contributed by atoms with van der Waals surface area (Å²) in [5.41, 5.74) is 2.18. The summed E-state index contributed by atoms with van der Waals surface area (Å²) >= 11 is 5.72. The maximum atomic E-state index is 11.8. The molecule has 0 aliphatic rings. The predicted molar refractivity (Wildman–Crippen MR) is 65.4 cm³/mol. The third kappa shape index (κ3) is 2.65. The first-order valence-electron chi connectivity index (χ1n) is 5.06. The molecule has 2 rings (SSSR count). The van der Waals surface area contributed by atoms with Crippen LogP contribution in [-0.2, 0) is 0 Å². The highest BCUT2D eigenvalue weighted by atomic mass is 35.5. The number of hydrogen-bond donors (Lipinski definition) is 1. The van der Waals surface area contributed by atoms with Crippen LogP contribution in [0.4, 0.5) is 5.82 Å². The van der Waals surface area contributed by atoms with Crippen molar-refractivity contribution in [1.29, 1.82) is 0 Å². The van der Waals surface area contributed by atoms with Gasteiger partial charge >= 0.3 is 0 Å². The molecule has 0 atom stereocenters. The zero-order chi connectivity index (χ0) is 12.4. The first kappa shape index (κ1) is 11.7. The Balaban J connectivity index is 2.21. The van der Waals surface area contributed by atoms with Crippen molar-refractivity contribution in [3.05, 3.63) is 46.5 Å². The number of carbonyl (C=O) groups is 1. The van der Waals surface area contributed by atoms with E-state index in [0.717, 1.165) is 11.3 Å². The monoisotopic (exact) mass is 250 g/mol. The second-order valence-corrected chi connectivity index (χ2v) is 4.08. The van der Waals surface area contributed by atoms with Crippen LogP contribution in [0.5, 0.6) is 0 Å². The van der Waals surface area contributed by atoms with Gasteiger partial charge in [0.25, 0.3) is 5.91 Å². The molecule has 2 heterocycles. The number of anilines is 1. The van der Waals surface area contributed by atoms with Crippen LogP contribution in [0.2, 0.25) is 5.22 Å². The van der Waals surface area contributed by atoms with Crippen molar-refractivity contribution in [3.63, 3.8) is 0 Å². The number of aryl methyl sites for hydroxylation is 2. The molecule has 0 aromatic carbocycles. The molecule has 0 aliphatic heterocycles. The van der Waals surface area contributed by atoms with Crippen LogP contribution in [-0.4, -0.2) is 10.9 Å². The van der Waals surface area contributed by atoms with E-state index in [1.807, 2.05) is 19.9 Å². The number of rotatable bonds is 2. The fourth-order valence-electron chi connectivity index (χ4n) is 1.54. The summed E-state index contributed by atoms with van der Waals surface area (Å²) in [6.07, 6.45) is 1.37. The van der Waals surface area contributed by atoms with Gasteiger partial charge in [-0.1, -0.05) is 0 Å². The highest BCUT2D eigenvalue weighted by molar-refractivity contribution is 6.32. The van der Waals surface area contributed by atoms with Crippen LogP contribution in [0.1, 0.15) is 21.6 Å². The van der Waals surface area contributed by atoms with Gasteiger partial charge < -0.3 is 9.73 Å². The van der Waals surface area contributed by atoms with E-state index in [2.05, 4.69) is 10.3 Å². The van der Waals surface area contributed by atoms with E-state index in [4.69, 9.17) is 16.0 Å². The molecule has 0 bridgehead atoms. The maximum absolute atomic E-state index is 11.8. The summed E-state index contributed by atoms with van der Waals surface area (Å²) < 4.78 is 4.85. The van der Waals surface area contributed by atoms with Crippen LogP contribution in [0.25, 0.3) is 0 Å². The second-order valence-electron chi connectivity index (χ2n) is 3.73. The zero-order valence-corrected chi connectivity index (χ0v) is 10.2. The van der Waals surface area contributed by atoms with Crippen molar-refractivity contribution in [2.75, 3.05) is 5.32 Å². The van der Waals surface area contributed by atoms with E-state index >= 15 is 0 Å². The van der Waals surface area contributed by atoms with Gasteiger partial charge in [0.05, 0.1) is 11.8 Å². The standard InChI is InChI=1S/C12H11ClN2O2/c1-7-5-8(2)14-10(6-7)15-12(16)9-3-4-17-11(9)13/h3-6H,1-2H3,(H,14,15,16). The smallest absolute Gasteiger partial charge is 0.261 e. The van der Waals surface area contributed by atoms with Crippen LogP contribution in [0.3, 0.4) is 0 Å². The Morgan fingerprint density at radius 3 is 2.76 bits per heavy atom. The Hall–Kier alpha value is -1.81. The van der Waals surface area contributed by atoms with Crippen molar-refractivity contribution in [2.45, 2.75) is 13.8 Å².